The molecule has 84 valence electrons. The highest BCUT2D eigenvalue weighted by atomic mass is 32.2. The molecule has 0 aromatic carbocycles. The lowest BCUT2D eigenvalue weighted by atomic mass is 10.4. The average molecular weight is 225 g/mol. The predicted molar refractivity (Wildman–Crippen MR) is 51.0 cm³/mol. The predicted octanol–water partition coefficient (Wildman–Crippen LogP) is -1.21. The minimum absolute atomic E-state index is 0.257. The smallest absolute Gasteiger partial charge is 0.421 e. The summed E-state index contributed by atoms with van der Waals surface area (Å²) in [5.74, 6) is 0. The van der Waals surface area contributed by atoms with Gasteiger partial charge in [0.05, 0.1) is 7.11 Å². The lowest BCUT2D eigenvalue weighted by Crippen LogP contribution is -2.40. The van der Waals surface area contributed by atoms with Gasteiger partial charge in [0.15, 0.2) is 0 Å². The fourth-order valence-electron chi connectivity index (χ4n) is 0.659. The number of methoxy groups -OCH3 is 1. The van der Waals surface area contributed by atoms with Crippen molar-refractivity contribution in [2.45, 2.75) is 6.42 Å². The number of hydrogen-bond acceptors (Lipinski definition) is 5. The summed E-state index contributed by atoms with van der Waals surface area (Å²) in [6, 6.07) is 0. The molecule has 0 bridgehead atoms. The Morgan fingerprint density at radius 1 is 1.36 bits per heavy atom. The summed E-state index contributed by atoms with van der Waals surface area (Å²) in [5.41, 5.74) is 0. The molecule has 0 radical (unpaired) electrons. The maximum absolute atomic E-state index is 11.0. The molecule has 0 aromatic rings. The van der Waals surface area contributed by atoms with Gasteiger partial charge in [-0.05, 0) is 20.0 Å². The maximum Gasteiger partial charge on any atom is 0.421 e. The van der Waals surface area contributed by atoms with Crippen LogP contribution in [0, 0.1) is 0 Å². The molecular weight excluding hydrogens is 210 g/mol. The van der Waals surface area contributed by atoms with Crippen molar-refractivity contribution in [3.05, 3.63) is 0 Å². The zero-order valence-electron chi connectivity index (χ0n) is 8.16. The number of carbonyl (C=O) groups excluding carboxylic acids is 1. The summed E-state index contributed by atoms with van der Waals surface area (Å²) in [6.45, 7) is 0.952. The van der Waals surface area contributed by atoms with E-state index in [1.807, 2.05) is 0 Å². The van der Waals surface area contributed by atoms with Crippen molar-refractivity contribution in [1.82, 2.24) is 14.8 Å². The molecule has 0 rings (SSSR count). The Kier molecular flexibility index (Phi) is 6.17. The molecule has 0 saturated carbocycles. The second kappa shape index (κ2) is 6.57. The van der Waals surface area contributed by atoms with E-state index in [1.54, 1.807) is 11.8 Å². The molecule has 14 heavy (non-hydrogen) atoms. The van der Waals surface area contributed by atoms with Crippen LogP contribution in [0.2, 0.25) is 0 Å². The molecule has 0 atom stereocenters. The molecule has 0 saturated heterocycles. The summed E-state index contributed by atoms with van der Waals surface area (Å²) in [6.07, 6.45) is -0.371. The van der Waals surface area contributed by atoms with Gasteiger partial charge in [0.2, 0.25) is 0 Å². The lowest BCUT2D eigenvalue weighted by molar-refractivity contribution is 0.177. The maximum atomic E-state index is 11.0. The van der Waals surface area contributed by atoms with Crippen LogP contribution < -0.4 is 14.8 Å². The SMILES string of the molecule is CNCCCNS(=O)(=O)NC(=O)OC. The Balaban J connectivity index is 3.79. The Morgan fingerprint density at radius 3 is 2.50 bits per heavy atom. The number of nitrogens with one attached hydrogen (secondary N) is 3. The highest BCUT2D eigenvalue weighted by Gasteiger charge is 2.12. The molecule has 1 amide bonds. The Labute approximate surface area is 83.4 Å². The normalized spacial score (nSPS) is 11.0. The lowest BCUT2D eigenvalue weighted by Gasteiger charge is -2.06. The molecule has 7 nitrogen and oxygen atoms in total. The van der Waals surface area contributed by atoms with E-state index in [4.69, 9.17) is 0 Å². The van der Waals surface area contributed by atoms with Gasteiger partial charge in [-0.25, -0.2) is 9.52 Å². The van der Waals surface area contributed by atoms with E-state index in [9.17, 15) is 13.2 Å². The van der Waals surface area contributed by atoms with Crippen LogP contribution in [-0.4, -0.2) is 41.8 Å². The van der Waals surface area contributed by atoms with Gasteiger partial charge in [-0.3, -0.25) is 0 Å². The van der Waals surface area contributed by atoms with Crippen LogP contribution in [0.25, 0.3) is 0 Å². The largest absolute Gasteiger partial charge is 0.452 e. The van der Waals surface area contributed by atoms with Gasteiger partial charge in [0.1, 0.15) is 0 Å². The second-order valence-electron chi connectivity index (χ2n) is 2.45. The van der Waals surface area contributed by atoms with Gasteiger partial charge in [0, 0.05) is 6.54 Å². The van der Waals surface area contributed by atoms with Crippen LogP contribution in [0.4, 0.5) is 4.79 Å². The summed E-state index contributed by atoms with van der Waals surface area (Å²) in [7, 11) is -0.921. The van der Waals surface area contributed by atoms with Crippen LogP contribution in [0.15, 0.2) is 0 Å². The molecule has 0 aliphatic rings. The van der Waals surface area contributed by atoms with E-state index >= 15 is 0 Å². The molecule has 0 aliphatic heterocycles. The standard InChI is InChI=1S/C6H15N3O4S/c1-7-4-3-5-8-14(11,12)9-6(10)13-2/h7-8H,3-5H2,1-2H3,(H,9,10). The van der Waals surface area contributed by atoms with E-state index in [0.717, 1.165) is 7.11 Å². The first-order chi connectivity index (χ1) is 6.52. The highest BCUT2D eigenvalue weighted by Crippen LogP contribution is 1.81. The van der Waals surface area contributed by atoms with Gasteiger partial charge in [-0.2, -0.15) is 13.1 Å². The van der Waals surface area contributed by atoms with Gasteiger partial charge in [0.25, 0.3) is 0 Å². The molecule has 0 spiro atoms. The van der Waals surface area contributed by atoms with Crippen molar-refractivity contribution in [1.29, 1.82) is 0 Å². The van der Waals surface area contributed by atoms with Crippen molar-refractivity contribution < 1.29 is 17.9 Å². The third kappa shape index (κ3) is 6.63. The molecule has 8 heteroatoms. The Morgan fingerprint density at radius 2 is 2.00 bits per heavy atom. The average Bonchev–Trinajstić information content (AvgIpc) is 2.12. The highest BCUT2D eigenvalue weighted by molar-refractivity contribution is 7.88. The van der Waals surface area contributed by atoms with Crippen LogP contribution in [0.5, 0.6) is 0 Å². The summed E-state index contributed by atoms with van der Waals surface area (Å²) in [4.78, 5) is 10.6. The first kappa shape index (κ1) is 13.1. The molecule has 0 aliphatic carbocycles. The van der Waals surface area contributed by atoms with Gasteiger partial charge >= 0.3 is 16.3 Å². The molecular formula is C6H15N3O4S. The van der Waals surface area contributed by atoms with Crippen LogP contribution in [0.3, 0.4) is 0 Å². The number of rotatable bonds is 6. The van der Waals surface area contributed by atoms with Crippen molar-refractivity contribution in [3.8, 4) is 0 Å². The first-order valence-electron chi connectivity index (χ1n) is 4.02. The van der Waals surface area contributed by atoms with Crippen molar-refractivity contribution >= 4 is 16.3 Å². The van der Waals surface area contributed by atoms with E-state index in [-0.39, 0.29) is 6.54 Å². The summed E-state index contributed by atoms with van der Waals surface area (Å²) >= 11 is 0. The topological polar surface area (TPSA) is 96.5 Å². The van der Waals surface area contributed by atoms with E-state index < -0.39 is 16.3 Å². The van der Waals surface area contributed by atoms with Crippen molar-refractivity contribution in [2.24, 2.45) is 0 Å². The third-order valence-corrected chi connectivity index (χ3v) is 2.32. The van der Waals surface area contributed by atoms with Crippen molar-refractivity contribution in [2.75, 3.05) is 27.2 Å². The zero-order chi connectivity index (χ0) is 11.0. The first-order valence-corrected chi connectivity index (χ1v) is 5.50. The Bertz CT molecular complexity index is 264. The quantitative estimate of drug-likeness (QED) is 0.493. The van der Waals surface area contributed by atoms with Crippen LogP contribution in [0.1, 0.15) is 6.42 Å². The second-order valence-corrected chi connectivity index (χ2v) is 3.95. The number of carbonyl (C=O) groups is 1. The minimum Gasteiger partial charge on any atom is -0.452 e. The fraction of sp³-hybridized carbons (Fsp3) is 0.833. The number of amides is 1. The van der Waals surface area contributed by atoms with E-state index in [2.05, 4.69) is 14.8 Å². The van der Waals surface area contributed by atoms with E-state index in [1.165, 1.54) is 0 Å². The van der Waals surface area contributed by atoms with Crippen molar-refractivity contribution in [3.63, 3.8) is 0 Å². The molecule has 3 N–H and O–H groups in total. The van der Waals surface area contributed by atoms with E-state index in [0.29, 0.717) is 13.0 Å². The monoisotopic (exact) mass is 225 g/mol. The van der Waals surface area contributed by atoms with Crippen LogP contribution >= 0.6 is 0 Å². The zero-order valence-corrected chi connectivity index (χ0v) is 8.98. The number of hydrogen-bond donors (Lipinski definition) is 3. The molecule has 0 aromatic heterocycles. The van der Waals surface area contributed by atoms with Gasteiger partial charge in [-0.1, -0.05) is 0 Å². The summed E-state index contributed by atoms with van der Waals surface area (Å²) < 4.78 is 30.0. The number of ether oxygens (including phenoxy) is 1. The Hall–Kier alpha value is -0.860. The van der Waals surface area contributed by atoms with Gasteiger partial charge < -0.3 is 10.1 Å². The fourth-order valence-corrected chi connectivity index (χ4v) is 1.45. The molecule has 0 heterocycles. The summed E-state index contributed by atoms with van der Waals surface area (Å²) in [5, 5.41) is 2.86. The molecule has 0 unspecified atom stereocenters. The third-order valence-electron chi connectivity index (χ3n) is 1.30. The minimum atomic E-state index is -3.78. The van der Waals surface area contributed by atoms with Gasteiger partial charge in [-0.15, -0.1) is 0 Å². The van der Waals surface area contributed by atoms with Crippen LogP contribution in [-0.2, 0) is 14.9 Å². The molecule has 0 fully saturated rings.